The number of hydrogen-bond donors (Lipinski definition) is 2. The SMILES string of the molecule is CCCNC(=O)CNC(C)c1c(C)nn(C)c1C. The largest absolute Gasteiger partial charge is 0.355 e. The van der Waals surface area contributed by atoms with Gasteiger partial charge in [0.2, 0.25) is 5.91 Å². The predicted octanol–water partition coefficient (Wildman–Crippen LogP) is 1.21. The summed E-state index contributed by atoms with van der Waals surface area (Å²) in [6, 6.07) is 0.131. The van der Waals surface area contributed by atoms with Gasteiger partial charge in [-0.05, 0) is 27.2 Å². The molecular formula is C13H24N4O. The summed E-state index contributed by atoms with van der Waals surface area (Å²) in [7, 11) is 1.94. The summed E-state index contributed by atoms with van der Waals surface area (Å²) >= 11 is 0. The van der Waals surface area contributed by atoms with Gasteiger partial charge in [0.1, 0.15) is 0 Å². The summed E-state index contributed by atoms with van der Waals surface area (Å²) in [4.78, 5) is 11.5. The molecule has 2 N–H and O–H groups in total. The summed E-state index contributed by atoms with van der Waals surface area (Å²) < 4.78 is 1.88. The third-order valence-electron chi connectivity index (χ3n) is 3.14. The Kier molecular flexibility index (Phi) is 5.34. The number of nitrogens with zero attached hydrogens (tertiary/aromatic N) is 2. The van der Waals surface area contributed by atoms with E-state index in [4.69, 9.17) is 0 Å². The number of aryl methyl sites for hydroxylation is 2. The van der Waals surface area contributed by atoms with Crippen LogP contribution in [0.2, 0.25) is 0 Å². The van der Waals surface area contributed by atoms with Crippen molar-refractivity contribution < 1.29 is 4.79 Å². The zero-order chi connectivity index (χ0) is 13.7. The molecule has 18 heavy (non-hydrogen) atoms. The lowest BCUT2D eigenvalue weighted by atomic mass is 10.1. The molecular weight excluding hydrogens is 228 g/mol. The number of carbonyl (C=O) groups excluding carboxylic acids is 1. The van der Waals surface area contributed by atoms with Gasteiger partial charge in [-0.1, -0.05) is 6.92 Å². The third-order valence-corrected chi connectivity index (χ3v) is 3.14. The molecule has 0 radical (unpaired) electrons. The summed E-state index contributed by atoms with van der Waals surface area (Å²) in [6.45, 7) is 9.22. The molecule has 0 bridgehead atoms. The molecule has 1 aromatic rings. The highest BCUT2D eigenvalue weighted by Gasteiger charge is 2.16. The lowest BCUT2D eigenvalue weighted by molar-refractivity contribution is -0.120. The Hall–Kier alpha value is -1.36. The number of nitrogens with one attached hydrogen (secondary N) is 2. The maximum atomic E-state index is 11.5. The average Bonchev–Trinajstić information content (AvgIpc) is 2.58. The maximum Gasteiger partial charge on any atom is 0.233 e. The van der Waals surface area contributed by atoms with Crippen molar-refractivity contribution in [3.63, 3.8) is 0 Å². The van der Waals surface area contributed by atoms with Crippen LogP contribution in [-0.2, 0) is 11.8 Å². The minimum atomic E-state index is 0.0443. The molecule has 0 aromatic carbocycles. The smallest absolute Gasteiger partial charge is 0.233 e. The highest BCUT2D eigenvalue weighted by Crippen LogP contribution is 2.20. The fourth-order valence-electron chi connectivity index (χ4n) is 2.09. The lowest BCUT2D eigenvalue weighted by Crippen LogP contribution is -2.35. The van der Waals surface area contributed by atoms with Gasteiger partial charge in [-0.2, -0.15) is 5.10 Å². The first-order valence-corrected chi connectivity index (χ1v) is 6.47. The van der Waals surface area contributed by atoms with Crippen LogP contribution in [0, 0.1) is 13.8 Å². The van der Waals surface area contributed by atoms with Gasteiger partial charge >= 0.3 is 0 Å². The minimum absolute atomic E-state index is 0.0443. The quantitative estimate of drug-likeness (QED) is 0.800. The first-order chi connectivity index (χ1) is 8.47. The van der Waals surface area contributed by atoms with Crippen molar-refractivity contribution in [2.75, 3.05) is 13.1 Å². The van der Waals surface area contributed by atoms with Gasteiger partial charge in [-0.3, -0.25) is 9.48 Å². The van der Waals surface area contributed by atoms with Crippen molar-refractivity contribution >= 4 is 5.91 Å². The number of hydrogen-bond acceptors (Lipinski definition) is 3. The fraction of sp³-hybridized carbons (Fsp3) is 0.692. The maximum absolute atomic E-state index is 11.5. The highest BCUT2D eigenvalue weighted by molar-refractivity contribution is 5.78. The van der Waals surface area contributed by atoms with Crippen LogP contribution in [0.15, 0.2) is 0 Å². The highest BCUT2D eigenvalue weighted by atomic mass is 16.1. The van der Waals surface area contributed by atoms with Gasteiger partial charge in [0.05, 0.1) is 12.2 Å². The van der Waals surface area contributed by atoms with Crippen LogP contribution in [0.5, 0.6) is 0 Å². The van der Waals surface area contributed by atoms with Crippen molar-refractivity contribution in [1.29, 1.82) is 0 Å². The molecule has 0 spiro atoms. The van der Waals surface area contributed by atoms with Crippen LogP contribution in [0.1, 0.15) is 43.3 Å². The van der Waals surface area contributed by atoms with E-state index in [1.807, 2.05) is 32.5 Å². The van der Waals surface area contributed by atoms with Gasteiger partial charge in [0.25, 0.3) is 0 Å². The van der Waals surface area contributed by atoms with Gasteiger partial charge in [-0.15, -0.1) is 0 Å². The van der Waals surface area contributed by atoms with E-state index >= 15 is 0 Å². The monoisotopic (exact) mass is 252 g/mol. The van der Waals surface area contributed by atoms with Crippen LogP contribution in [0.25, 0.3) is 0 Å². The first-order valence-electron chi connectivity index (χ1n) is 6.47. The summed E-state index contributed by atoms with van der Waals surface area (Å²) in [6.07, 6.45) is 0.960. The van der Waals surface area contributed by atoms with Crippen LogP contribution < -0.4 is 10.6 Å². The summed E-state index contributed by atoms with van der Waals surface area (Å²) in [5.41, 5.74) is 3.34. The Bertz CT molecular complexity index is 411. The lowest BCUT2D eigenvalue weighted by Gasteiger charge is -2.14. The summed E-state index contributed by atoms with van der Waals surface area (Å²) in [5.74, 6) is 0.0443. The van der Waals surface area contributed by atoms with Crippen molar-refractivity contribution in [1.82, 2.24) is 20.4 Å². The van der Waals surface area contributed by atoms with Crippen LogP contribution in [0.4, 0.5) is 0 Å². The van der Waals surface area contributed by atoms with Crippen LogP contribution in [0.3, 0.4) is 0 Å². The molecule has 1 aromatic heterocycles. The molecule has 0 saturated carbocycles. The van der Waals surface area contributed by atoms with Gasteiger partial charge in [-0.25, -0.2) is 0 Å². The molecule has 0 aliphatic heterocycles. The molecule has 5 heteroatoms. The zero-order valence-electron chi connectivity index (χ0n) is 12.0. The third kappa shape index (κ3) is 3.57. The molecule has 1 unspecified atom stereocenters. The summed E-state index contributed by atoms with van der Waals surface area (Å²) in [5, 5.41) is 10.5. The molecule has 102 valence electrons. The normalized spacial score (nSPS) is 12.5. The van der Waals surface area contributed by atoms with Crippen LogP contribution in [-0.4, -0.2) is 28.8 Å². The molecule has 0 saturated heterocycles. The standard InChI is InChI=1S/C13H24N4O/c1-6-7-14-12(18)8-15-9(2)13-10(3)16-17(5)11(13)4/h9,15H,6-8H2,1-5H3,(H,14,18). The molecule has 1 heterocycles. The first kappa shape index (κ1) is 14.7. The molecule has 1 atom stereocenters. The Labute approximate surface area is 109 Å². The van der Waals surface area contributed by atoms with E-state index in [2.05, 4.69) is 22.7 Å². The minimum Gasteiger partial charge on any atom is -0.355 e. The van der Waals surface area contributed by atoms with Crippen molar-refractivity contribution in [3.05, 3.63) is 17.0 Å². The molecule has 1 rings (SSSR count). The number of carbonyl (C=O) groups is 1. The molecule has 0 aliphatic carbocycles. The van der Waals surface area contributed by atoms with E-state index in [9.17, 15) is 4.79 Å². The van der Waals surface area contributed by atoms with Gasteiger partial charge in [0.15, 0.2) is 0 Å². The van der Waals surface area contributed by atoms with E-state index in [-0.39, 0.29) is 11.9 Å². The average molecular weight is 252 g/mol. The Morgan fingerprint density at radius 2 is 2.11 bits per heavy atom. The molecule has 1 amide bonds. The number of amides is 1. The van der Waals surface area contributed by atoms with Gasteiger partial charge < -0.3 is 10.6 Å². The van der Waals surface area contributed by atoms with Crippen molar-refractivity contribution in [2.45, 2.75) is 40.2 Å². The predicted molar refractivity (Wildman–Crippen MR) is 72.4 cm³/mol. The van der Waals surface area contributed by atoms with Crippen LogP contribution >= 0.6 is 0 Å². The fourth-order valence-corrected chi connectivity index (χ4v) is 2.09. The second-order valence-electron chi connectivity index (χ2n) is 4.66. The van der Waals surface area contributed by atoms with E-state index in [1.54, 1.807) is 0 Å². The Morgan fingerprint density at radius 3 is 2.61 bits per heavy atom. The Morgan fingerprint density at radius 1 is 1.44 bits per heavy atom. The van der Waals surface area contributed by atoms with Crippen molar-refractivity contribution in [2.24, 2.45) is 7.05 Å². The van der Waals surface area contributed by atoms with E-state index in [0.29, 0.717) is 6.54 Å². The zero-order valence-corrected chi connectivity index (χ0v) is 12.0. The van der Waals surface area contributed by atoms with E-state index in [0.717, 1.165) is 24.4 Å². The molecule has 0 aliphatic rings. The second kappa shape index (κ2) is 6.54. The topological polar surface area (TPSA) is 59.0 Å². The van der Waals surface area contributed by atoms with E-state index in [1.165, 1.54) is 5.56 Å². The number of rotatable bonds is 6. The van der Waals surface area contributed by atoms with Crippen molar-refractivity contribution in [3.8, 4) is 0 Å². The number of aromatic nitrogens is 2. The Balaban J connectivity index is 2.55. The molecule has 5 nitrogen and oxygen atoms in total. The van der Waals surface area contributed by atoms with Gasteiger partial charge in [0, 0.05) is 30.9 Å². The molecule has 0 fully saturated rings. The van der Waals surface area contributed by atoms with E-state index < -0.39 is 0 Å². The second-order valence-corrected chi connectivity index (χ2v) is 4.66.